The van der Waals surface area contributed by atoms with Crippen molar-refractivity contribution in [3.8, 4) is 0 Å². The molecular formula is C22H29N4O+. The van der Waals surface area contributed by atoms with Crippen molar-refractivity contribution in [3.63, 3.8) is 0 Å². The molecular weight excluding hydrogens is 336 g/mol. The molecule has 0 amide bonds. The lowest BCUT2D eigenvalue weighted by molar-refractivity contribution is -0.666. The highest BCUT2D eigenvalue weighted by Crippen LogP contribution is 2.20. The van der Waals surface area contributed by atoms with Gasteiger partial charge in [0, 0.05) is 6.54 Å². The van der Waals surface area contributed by atoms with E-state index in [-0.39, 0.29) is 0 Å². The van der Waals surface area contributed by atoms with Gasteiger partial charge in [0.25, 0.3) is 0 Å². The van der Waals surface area contributed by atoms with Crippen LogP contribution in [0.1, 0.15) is 30.9 Å². The Balaban J connectivity index is 1.60. The molecule has 1 atom stereocenters. The molecule has 0 bridgehead atoms. The van der Waals surface area contributed by atoms with Crippen LogP contribution in [0.2, 0.25) is 0 Å². The van der Waals surface area contributed by atoms with E-state index in [1.165, 1.54) is 32.4 Å². The zero-order chi connectivity index (χ0) is 18.6. The van der Waals surface area contributed by atoms with Crippen LogP contribution in [0, 0.1) is 0 Å². The highest BCUT2D eigenvalue weighted by Gasteiger charge is 2.24. The number of piperidine rings is 1. The van der Waals surface area contributed by atoms with Crippen molar-refractivity contribution >= 4 is 17.0 Å². The molecule has 2 aromatic carbocycles. The van der Waals surface area contributed by atoms with E-state index in [1.54, 1.807) is 0 Å². The van der Waals surface area contributed by atoms with Crippen molar-refractivity contribution in [1.82, 2.24) is 9.47 Å². The third-order valence-corrected chi connectivity index (χ3v) is 5.64. The van der Waals surface area contributed by atoms with Crippen molar-refractivity contribution in [2.75, 3.05) is 25.4 Å². The molecule has 1 fully saturated rings. The predicted molar refractivity (Wildman–Crippen MR) is 108 cm³/mol. The molecule has 1 aliphatic heterocycles. The number of aliphatic hydroxyl groups excluding tert-OH is 1. The topological polar surface area (TPSA) is 58.3 Å². The van der Waals surface area contributed by atoms with Gasteiger partial charge in [0.15, 0.2) is 0 Å². The van der Waals surface area contributed by atoms with Crippen molar-refractivity contribution in [1.29, 1.82) is 0 Å². The summed E-state index contributed by atoms with van der Waals surface area (Å²) in [5.74, 6) is 0.711. The van der Waals surface area contributed by atoms with Crippen LogP contribution in [0.4, 0.5) is 5.95 Å². The zero-order valence-electron chi connectivity index (χ0n) is 15.8. The highest BCUT2D eigenvalue weighted by molar-refractivity contribution is 5.73. The molecule has 142 valence electrons. The first-order valence-corrected chi connectivity index (χ1v) is 9.96. The number of aliphatic hydroxyl groups is 1. The number of aromatic nitrogens is 2. The van der Waals surface area contributed by atoms with Gasteiger partial charge in [-0.1, -0.05) is 48.9 Å². The SMILES string of the molecule is Nc1n(CCN2CCCCC2)c2ccccc2[n+]1CC(O)c1ccccc1. The second-order valence-corrected chi connectivity index (χ2v) is 7.44. The number of anilines is 1. The van der Waals surface area contributed by atoms with Crippen LogP contribution < -0.4 is 10.3 Å². The van der Waals surface area contributed by atoms with E-state index < -0.39 is 6.10 Å². The third-order valence-electron chi connectivity index (χ3n) is 5.64. The second kappa shape index (κ2) is 8.11. The number of likely N-dealkylation sites (tertiary alicyclic amines) is 1. The number of rotatable bonds is 6. The standard InChI is InChI=1S/C22H28N4O/c23-22-25(16-15-24-13-7-2-8-14-24)19-11-5-6-12-20(19)26(22)17-21(27)18-9-3-1-4-10-18/h1,3-6,9-12,21,23,27H,2,7-8,13-17H2/p+1. The minimum Gasteiger partial charge on any atom is -0.385 e. The lowest BCUT2D eigenvalue weighted by Crippen LogP contribution is -2.40. The fourth-order valence-electron chi connectivity index (χ4n) is 4.12. The fraction of sp³-hybridized carbons (Fsp3) is 0.409. The summed E-state index contributed by atoms with van der Waals surface area (Å²) < 4.78 is 4.24. The lowest BCUT2D eigenvalue weighted by atomic mass is 10.1. The first-order valence-electron chi connectivity index (χ1n) is 9.96. The van der Waals surface area contributed by atoms with Gasteiger partial charge in [-0.3, -0.25) is 5.73 Å². The Bertz CT molecular complexity index is 884. The van der Waals surface area contributed by atoms with Crippen LogP contribution in [-0.2, 0) is 13.1 Å². The minimum atomic E-state index is -0.583. The fourth-order valence-corrected chi connectivity index (χ4v) is 4.12. The molecule has 5 heteroatoms. The Hall–Kier alpha value is -2.37. The molecule has 3 aromatic rings. The Morgan fingerprint density at radius 3 is 2.41 bits per heavy atom. The maximum atomic E-state index is 10.7. The number of imidazole rings is 1. The van der Waals surface area contributed by atoms with Crippen LogP contribution in [0.25, 0.3) is 11.0 Å². The number of hydrogen-bond acceptors (Lipinski definition) is 3. The molecule has 0 aliphatic carbocycles. The van der Waals surface area contributed by atoms with E-state index in [1.807, 2.05) is 41.0 Å². The summed E-state index contributed by atoms with van der Waals surface area (Å²) in [4.78, 5) is 2.53. The van der Waals surface area contributed by atoms with E-state index >= 15 is 0 Å². The van der Waals surface area contributed by atoms with Crippen LogP contribution in [0.5, 0.6) is 0 Å². The van der Waals surface area contributed by atoms with Crippen LogP contribution >= 0.6 is 0 Å². The molecule has 1 aliphatic rings. The Labute approximate surface area is 160 Å². The average Bonchev–Trinajstić information content (AvgIpc) is 2.99. The summed E-state index contributed by atoms with van der Waals surface area (Å²) in [5.41, 5.74) is 9.67. The van der Waals surface area contributed by atoms with Gasteiger partial charge < -0.3 is 10.0 Å². The summed E-state index contributed by atoms with van der Waals surface area (Å²) >= 11 is 0. The Kier molecular flexibility index (Phi) is 5.41. The highest BCUT2D eigenvalue weighted by atomic mass is 16.3. The van der Waals surface area contributed by atoms with E-state index in [9.17, 15) is 5.11 Å². The second-order valence-electron chi connectivity index (χ2n) is 7.44. The number of hydrogen-bond donors (Lipinski definition) is 2. The minimum absolute atomic E-state index is 0.451. The number of fused-ring (bicyclic) bond motifs is 1. The molecule has 0 spiro atoms. The molecule has 4 rings (SSSR count). The zero-order valence-corrected chi connectivity index (χ0v) is 15.8. The molecule has 5 nitrogen and oxygen atoms in total. The van der Waals surface area contributed by atoms with Crippen LogP contribution in [0.15, 0.2) is 54.6 Å². The number of para-hydroxylation sites is 2. The van der Waals surface area contributed by atoms with Gasteiger partial charge >= 0.3 is 5.95 Å². The first-order chi connectivity index (χ1) is 13.2. The number of nitrogens with two attached hydrogens (primary N) is 1. The summed E-state index contributed by atoms with van der Waals surface area (Å²) in [6, 6.07) is 18.1. The van der Waals surface area contributed by atoms with Crippen molar-refractivity contribution in [2.45, 2.75) is 38.5 Å². The van der Waals surface area contributed by atoms with E-state index in [0.29, 0.717) is 12.5 Å². The average molecular weight is 366 g/mol. The van der Waals surface area contributed by atoms with Gasteiger partial charge in [-0.05, 0) is 43.6 Å². The largest absolute Gasteiger partial charge is 0.385 e. The van der Waals surface area contributed by atoms with Gasteiger partial charge in [-0.15, -0.1) is 0 Å². The van der Waals surface area contributed by atoms with Crippen LogP contribution in [0.3, 0.4) is 0 Å². The summed E-state index contributed by atoms with van der Waals surface area (Å²) in [5, 5.41) is 10.7. The molecule has 0 saturated carbocycles. The summed E-state index contributed by atoms with van der Waals surface area (Å²) in [6.07, 6.45) is 3.36. The third kappa shape index (κ3) is 3.84. The summed E-state index contributed by atoms with van der Waals surface area (Å²) in [6.45, 7) is 4.72. The van der Waals surface area contributed by atoms with Gasteiger partial charge in [0.05, 0.1) is 6.54 Å². The first kappa shape index (κ1) is 18.0. The van der Waals surface area contributed by atoms with E-state index in [0.717, 1.165) is 29.7 Å². The van der Waals surface area contributed by atoms with Gasteiger partial charge in [0.2, 0.25) is 0 Å². The molecule has 27 heavy (non-hydrogen) atoms. The molecule has 2 heterocycles. The lowest BCUT2D eigenvalue weighted by Gasteiger charge is -2.25. The van der Waals surface area contributed by atoms with Gasteiger partial charge in [-0.25, -0.2) is 9.13 Å². The molecule has 0 radical (unpaired) electrons. The number of nitrogen functional groups attached to an aromatic ring is 1. The Morgan fingerprint density at radius 1 is 0.926 bits per heavy atom. The molecule has 1 saturated heterocycles. The molecule has 1 unspecified atom stereocenters. The van der Waals surface area contributed by atoms with Crippen LogP contribution in [-0.4, -0.2) is 34.2 Å². The van der Waals surface area contributed by atoms with E-state index in [4.69, 9.17) is 5.73 Å². The molecule has 1 aromatic heterocycles. The predicted octanol–water partition coefficient (Wildman–Crippen LogP) is 2.73. The maximum Gasteiger partial charge on any atom is 0.356 e. The van der Waals surface area contributed by atoms with E-state index in [2.05, 4.69) is 27.7 Å². The Morgan fingerprint density at radius 2 is 1.63 bits per heavy atom. The summed E-state index contributed by atoms with van der Waals surface area (Å²) in [7, 11) is 0. The normalized spacial score (nSPS) is 16.6. The van der Waals surface area contributed by atoms with Crippen molar-refractivity contribution < 1.29 is 9.67 Å². The monoisotopic (exact) mass is 365 g/mol. The van der Waals surface area contributed by atoms with Crippen molar-refractivity contribution in [3.05, 3.63) is 60.2 Å². The number of nitrogens with zero attached hydrogens (tertiary/aromatic N) is 3. The number of benzene rings is 2. The smallest absolute Gasteiger partial charge is 0.356 e. The van der Waals surface area contributed by atoms with Gasteiger partial charge in [0.1, 0.15) is 23.7 Å². The quantitative estimate of drug-likeness (QED) is 0.661. The van der Waals surface area contributed by atoms with Gasteiger partial charge in [-0.2, -0.15) is 0 Å². The van der Waals surface area contributed by atoms with Crippen molar-refractivity contribution in [2.24, 2.45) is 0 Å². The maximum absolute atomic E-state index is 10.7. The molecule has 3 N–H and O–H groups in total.